The van der Waals surface area contributed by atoms with E-state index in [1.165, 1.54) is 18.4 Å². The number of halogens is 1. The molecule has 0 unspecified atom stereocenters. The molecule has 2 rings (SSSR count). The highest BCUT2D eigenvalue weighted by Gasteiger charge is 2.16. The third kappa shape index (κ3) is 5.14. The second kappa shape index (κ2) is 8.06. The van der Waals surface area contributed by atoms with E-state index >= 15 is 0 Å². The summed E-state index contributed by atoms with van der Waals surface area (Å²) in [6.07, 6.45) is 0. The van der Waals surface area contributed by atoms with Gasteiger partial charge in [0.25, 0.3) is 0 Å². The van der Waals surface area contributed by atoms with Crippen LogP contribution in [0.4, 0.5) is 0 Å². The Hall–Kier alpha value is -1.21. The van der Waals surface area contributed by atoms with Gasteiger partial charge in [0.1, 0.15) is 5.75 Å². The Morgan fingerprint density at radius 1 is 1.04 bits per heavy atom. The van der Waals surface area contributed by atoms with Crippen molar-refractivity contribution < 1.29 is 13.2 Å². The van der Waals surface area contributed by atoms with E-state index in [1.54, 1.807) is 36.0 Å². The third-order valence-corrected chi connectivity index (χ3v) is 6.09. The maximum absolute atomic E-state index is 12.0. The van der Waals surface area contributed by atoms with Crippen molar-refractivity contribution in [2.75, 3.05) is 26.5 Å². The molecule has 0 aliphatic rings. The normalized spacial score (nSPS) is 11.7. The van der Waals surface area contributed by atoms with Gasteiger partial charge in [-0.2, -0.15) is 0 Å². The summed E-state index contributed by atoms with van der Waals surface area (Å²) >= 11 is 7.51. The van der Waals surface area contributed by atoms with Crippen LogP contribution in [0.15, 0.2) is 58.3 Å². The molecule has 0 radical (unpaired) electrons. The third-order valence-electron chi connectivity index (χ3n) is 3.04. The van der Waals surface area contributed by atoms with Gasteiger partial charge >= 0.3 is 0 Å². The number of nitrogens with zero attached hydrogens (tertiary/aromatic N) is 1. The van der Waals surface area contributed by atoms with Crippen LogP contribution in [0.1, 0.15) is 0 Å². The van der Waals surface area contributed by atoms with Gasteiger partial charge in [-0.1, -0.05) is 11.6 Å². The zero-order valence-corrected chi connectivity index (χ0v) is 15.3. The number of rotatable bonds is 7. The Morgan fingerprint density at radius 3 is 2.22 bits per heavy atom. The molecule has 0 saturated carbocycles. The predicted octanol–water partition coefficient (Wildman–Crippen LogP) is 3.76. The Balaban J connectivity index is 1.84. The van der Waals surface area contributed by atoms with E-state index < -0.39 is 10.0 Å². The molecule has 0 bridgehead atoms. The summed E-state index contributed by atoms with van der Waals surface area (Å²) in [5.41, 5.74) is 0. The fourth-order valence-electron chi connectivity index (χ4n) is 1.77. The van der Waals surface area contributed by atoms with Crippen LogP contribution in [0.25, 0.3) is 0 Å². The minimum atomic E-state index is -3.40. The van der Waals surface area contributed by atoms with Crippen LogP contribution in [0.5, 0.6) is 5.75 Å². The fourth-order valence-corrected chi connectivity index (χ4v) is 3.53. The largest absolute Gasteiger partial charge is 0.493 e. The van der Waals surface area contributed by atoms with E-state index in [9.17, 15) is 8.42 Å². The molecule has 4 nitrogen and oxygen atoms in total. The van der Waals surface area contributed by atoms with Crippen molar-refractivity contribution in [1.29, 1.82) is 0 Å². The summed E-state index contributed by atoms with van der Waals surface area (Å²) in [4.78, 5) is 1.39. The Labute approximate surface area is 146 Å². The molecule has 124 valence electrons. The molecule has 0 atom stereocenters. The second-order valence-corrected chi connectivity index (χ2v) is 8.67. The topological polar surface area (TPSA) is 46.6 Å². The highest BCUT2D eigenvalue weighted by Crippen LogP contribution is 2.21. The van der Waals surface area contributed by atoms with Crippen LogP contribution in [0.3, 0.4) is 0 Å². The standard InChI is InChI=1S/C16H18ClNO3S2/c1-18(2)23(19,20)16-9-5-14(6-10-16)21-11-12-22-15-7-3-13(17)4-8-15/h3-10H,11-12H2,1-2H3. The quantitative estimate of drug-likeness (QED) is 0.549. The minimum absolute atomic E-state index is 0.255. The summed E-state index contributed by atoms with van der Waals surface area (Å²) in [7, 11) is -0.380. The lowest BCUT2D eigenvalue weighted by atomic mass is 10.3. The van der Waals surface area contributed by atoms with Gasteiger partial charge in [0.15, 0.2) is 0 Å². The molecule has 0 fully saturated rings. The van der Waals surface area contributed by atoms with Crippen molar-refractivity contribution in [1.82, 2.24) is 4.31 Å². The number of ether oxygens (including phenoxy) is 1. The van der Waals surface area contributed by atoms with Crippen LogP contribution in [0.2, 0.25) is 5.02 Å². The molecule has 2 aromatic rings. The van der Waals surface area contributed by atoms with Crippen LogP contribution in [0, 0.1) is 0 Å². The number of hydrogen-bond donors (Lipinski definition) is 0. The zero-order chi connectivity index (χ0) is 16.9. The van der Waals surface area contributed by atoms with E-state index in [2.05, 4.69) is 0 Å². The molecule has 0 N–H and O–H groups in total. The van der Waals surface area contributed by atoms with Crippen LogP contribution in [-0.4, -0.2) is 39.2 Å². The zero-order valence-electron chi connectivity index (χ0n) is 12.9. The maximum Gasteiger partial charge on any atom is 0.242 e. The van der Waals surface area contributed by atoms with Gasteiger partial charge in [0, 0.05) is 29.8 Å². The molecule has 2 aromatic carbocycles. The molecular formula is C16H18ClNO3S2. The van der Waals surface area contributed by atoms with Crippen LogP contribution >= 0.6 is 23.4 Å². The van der Waals surface area contributed by atoms with Gasteiger partial charge in [0.2, 0.25) is 10.0 Å². The predicted molar refractivity (Wildman–Crippen MR) is 95.0 cm³/mol. The molecule has 0 aliphatic heterocycles. The Bertz CT molecular complexity index is 729. The molecule has 0 heterocycles. The summed E-state index contributed by atoms with van der Waals surface area (Å²) in [5, 5.41) is 0.721. The first-order valence-corrected chi connectivity index (χ1v) is 9.74. The van der Waals surface area contributed by atoms with Crippen molar-refractivity contribution in [2.24, 2.45) is 0 Å². The van der Waals surface area contributed by atoms with Crippen molar-refractivity contribution in [2.45, 2.75) is 9.79 Å². The highest BCUT2D eigenvalue weighted by molar-refractivity contribution is 7.99. The molecule has 7 heteroatoms. The highest BCUT2D eigenvalue weighted by atomic mass is 35.5. The van der Waals surface area contributed by atoms with Crippen LogP contribution < -0.4 is 4.74 Å². The molecule has 23 heavy (non-hydrogen) atoms. The van der Waals surface area contributed by atoms with Crippen LogP contribution in [-0.2, 0) is 10.0 Å². The van der Waals surface area contributed by atoms with E-state index in [1.807, 2.05) is 24.3 Å². The van der Waals surface area contributed by atoms with E-state index in [0.29, 0.717) is 12.4 Å². The lowest BCUT2D eigenvalue weighted by molar-refractivity contribution is 0.343. The van der Waals surface area contributed by atoms with E-state index in [0.717, 1.165) is 15.7 Å². The lowest BCUT2D eigenvalue weighted by Crippen LogP contribution is -2.22. The summed E-state index contributed by atoms with van der Waals surface area (Å²) in [6, 6.07) is 14.1. The average Bonchev–Trinajstić information content (AvgIpc) is 2.53. The average molecular weight is 372 g/mol. The molecule has 0 saturated heterocycles. The fraction of sp³-hybridized carbons (Fsp3) is 0.250. The van der Waals surface area contributed by atoms with Gasteiger partial charge < -0.3 is 4.74 Å². The molecule has 0 amide bonds. The number of sulfonamides is 1. The van der Waals surface area contributed by atoms with Gasteiger partial charge in [-0.15, -0.1) is 11.8 Å². The first-order valence-electron chi connectivity index (χ1n) is 6.93. The number of thioether (sulfide) groups is 1. The first-order chi connectivity index (χ1) is 10.9. The Kier molecular flexibility index (Phi) is 6.35. The lowest BCUT2D eigenvalue weighted by Gasteiger charge is -2.12. The van der Waals surface area contributed by atoms with Crippen molar-refractivity contribution >= 4 is 33.4 Å². The van der Waals surface area contributed by atoms with E-state index in [-0.39, 0.29) is 4.90 Å². The van der Waals surface area contributed by atoms with Crippen molar-refractivity contribution in [3.05, 3.63) is 53.6 Å². The van der Waals surface area contributed by atoms with Gasteiger partial charge in [0.05, 0.1) is 11.5 Å². The van der Waals surface area contributed by atoms with Crippen molar-refractivity contribution in [3.8, 4) is 5.75 Å². The molecule has 0 aromatic heterocycles. The SMILES string of the molecule is CN(C)S(=O)(=O)c1ccc(OCCSc2ccc(Cl)cc2)cc1. The molecule has 0 aliphatic carbocycles. The van der Waals surface area contributed by atoms with Gasteiger partial charge in [-0.05, 0) is 48.5 Å². The number of benzene rings is 2. The minimum Gasteiger partial charge on any atom is -0.493 e. The van der Waals surface area contributed by atoms with Gasteiger partial charge in [-0.3, -0.25) is 0 Å². The summed E-state index contributed by atoms with van der Waals surface area (Å²) in [5.74, 6) is 1.44. The second-order valence-electron chi connectivity index (χ2n) is 4.91. The van der Waals surface area contributed by atoms with Gasteiger partial charge in [-0.25, -0.2) is 12.7 Å². The van der Waals surface area contributed by atoms with E-state index in [4.69, 9.17) is 16.3 Å². The summed E-state index contributed by atoms with van der Waals surface area (Å²) in [6.45, 7) is 0.535. The molecule has 0 spiro atoms. The number of hydrogen-bond acceptors (Lipinski definition) is 4. The Morgan fingerprint density at radius 2 is 1.65 bits per heavy atom. The summed E-state index contributed by atoms with van der Waals surface area (Å²) < 4.78 is 30.7. The smallest absolute Gasteiger partial charge is 0.242 e. The monoisotopic (exact) mass is 371 g/mol. The molecular weight excluding hydrogens is 354 g/mol. The van der Waals surface area contributed by atoms with Crippen molar-refractivity contribution in [3.63, 3.8) is 0 Å². The first kappa shape index (κ1) is 18.1. The maximum atomic E-state index is 12.0.